The zero-order chi connectivity index (χ0) is 17.9. The molecule has 2 aromatic carbocycles. The Morgan fingerprint density at radius 2 is 1.84 bits per heavy atom. The van der Waals surface area contributed by atoms with Crippen molar-refractivity contribution in [2.75, 3.05) is 13.7 Å². The van der Waals surface area contributed by atoms with Gasteiger partial charge >= 0.3 is 5.97 Å². The highest BCUT2D eigenvalue weighted by Gasteiger charge is 2.49. The van der Waals surface area contributed by atoms with Crippen LogP contribution >= 0.6 is 0 Å². The van der Waals surface area contributed by atoms with Crippen molar-refractivity contribution < 1.29 is 19.1 Å². The van der Waals surface area contributed by atoms with Gasteiger partial charge in [-0.05, 0) is 49.4 Å². The number of aryl methyl sites for hydroxylation is 1. The number of ether oxygens (including phenoxy) is 2. The van der Waals surface area contributed by atoms with Crippen molar-refractivity contribution >= 4 is 11.8 Å². The SMILES string of the molecule is CCOC(=O)[C@@]1(Cc2ccc(OC)cc2)CCc2ccccc2C1=O. The number of hydrogen-bond acceptors (Lipinski definition) is 4. The summed E-state index contributed by atoms with van der Waals surface area (Å²) < 4.78 is 10.5. The molecule has 0 radical (unpaired) electrons. The molecule has 2 aromatic rings. The number of esters is 1. The Bertz CT molecular complexity index is 779. The molecule has 0 fully saturated rings. The molecular formula is C21H22O4. The van der Waals surface area contributed by atoms with Gasteiger partial charge in [0.2, 0.25) is 0 Å². The maximum atomic E-state index is 13.3. The average molecular weight is 338 g/mol. The fourth-order valence-electron chi connectivity index (χ4n) is 3.48. The average Bonchev–Trinajstić information content (AvgIpc) is 2.65. The standard InChI is InChI=1S/C21H22O4/c1-3-25-20(23)21(14-15-8-10-17(24-2)11-9-15)13-12-16-6-4-5-7-18(16)19(21)22/h4-11H,3,12-14H2,1-2H3/t21-/m1/s1. The van der Waals surface area contributed by atoms with Gasteiger partial charge in [-0.25, -0.2) is 0 Å². The summed E-state index contributed by atoms with van der Waals surface area (Å²) in [6.07, 6.45) is 1.49. The van der Waals surface area contributed by atoms with E-state index in [0.29, 0.717) is 24.8 Å². The summed E-state index contributed by atoms with van der Waals surface area (Å²) >= 11 is 0. The van der Waals surface area contributed by atoms with Crippen molar-refractivity contribution in [2.45, 2.75) is 26.2 Å². The van der Waals surface area contributed by atoms with Gasteiger partial charge in [0.05, 0.1) is 13.7 Å². The second kappa shape index (κ2) is 7.09. The van der Waals surface area contributed by atoms with Gasteiger partial charge in [0.15, 0.2) is 5.78 Å². The summed E-state index contributed by atoms with van der Waals surface area (Å²) in [5, 5.41) is 0. The van der Waals surface area contributed by atoms with Crippen molar-refractivity contribution in [3.05, 3.63) is 65.2 Å². The van der Waals surface area contributed by atoms with Crippen molar-refractivity contribution in [1.82, 2.24) is 0 Å². The highest BCUT2D eigenvalue weighted by molar-refractivity contribution is 6.14. The highest BCUT2D eigenvalue weighted by atomic mass is 16.5. The zero-order valence-corrected chi connectivity index (χ0v) is 14.6. The number of methoxy groups -OCH3 is 1. The first-order valence-electron chi connectivity index (χ1n) is 8.53. The van der Waals surface area contributed by atoms with Crippen molar-refractivity contribution in [3.8, 4) is 5.75 Å². The summed E-state index contributed by atoms with van der Waals surface area (Å²) in [5.74, 6) is 0.184. The first-order chi connectivity index (χ1) is 12.1. The number of benzene rings is 2. The first kappa shape index (κ1) is 17.2. The van der Waals surface area contributed by atoms with Crippen molar-refractivity contribution in [3.63, 3.8) is 0 Å². The molecule has 0 heterocycles. The second-order valence-electron chi connectivity index (χ2n) is 6.31. The van der Waals surface area contributed by atoms with Crippen LogP contribution in [0.25, 0.3) is 0 Å². The van der Waals surface area contributed by atoms with Crippen LogP contribution in [0, 0.1) is 5.41 Å². The summed E-state index contributed by atoms with van der Waals surface area (Å²) in [7, 11) is 1.61. The number of Topliss-reactive ketones (excluding diaryl/α,β-unsaturated/α-hetero) is 1. The molecule has 130 valence electrons. The predicted octanol–water partition coefficient (Wildman–Crippen LogP) is 3.62. The first-order valence-corrected chi connectivity index (χ1v) is 8.53. The van der Waals surface area contributed by atoms with Crippen LogP contribution in [0.15, 0.2) is 48.5 Å². The van der Waals surface area contributed by atoms with Gasteiger partial charge in [0.25, 0.3) is 0 Å². The lowest BCUT2D eigenvalue weighted by Gasteiger charge is -2.34. The summed E-state index contributed by atoms with van der Waals surface area (Å²) in [6, 6.07) is 15.0. The lowest BCUT2D eigenvalue weighted by molar-refractivity contribution is -0.152. The predicted molar refractivity (Wildman–Crippen MR) is 94.9 cm³/mol. The minimum absolute atomic E-state index is 0.136. The summed E-state index contributed by atoms with van der Waals surface area (Å²) in [4.78, 5) is 26.1. The third-order valence-corrected chi connectivity index (χ3v) is 4.85. The minimum atomic E-state index is -1.15. The van der Waals surface area contributed by atoms with E-state index in [-0.39, 0.29) is 12.4 Å². The molecule has 25 heavy (non-hydrogen) atoms. The van der Waals surface area contributed by atoms with E-state index in [1.807, 2.05) is 42.5 Å². The molecule has 0 bridgehead atoms. The lowest BCUT2D eigenvalue weighted by atomic mass is 9.67. The Labute approximate surface area is 147 Å². The largest absolute Gasteiger partial charge is 0.497 e. The third kappa shape index (κ3) is 3.16. The Balaban J connectivity index is 1.99. The van der Waals surface area contributed by atoms with Crippen LogP contribution < -0.4 is 4.74 Å². The number of rotatable bonds is 5. The van der Waals surface area contributed by atoms with Gasteiger partial charge in [0, 0.05) is 5.56 Å². The fourth-order valence-corrected chi connectivity index (χ4v) is 3.48. The van der Waals surface area contributed by atoms with Gasteiger partial charge in [-0.2, -0.15) is 0 Å². The van der Waals surface area contributed by atoms with E-state index in [2.05, 4.69) is 0 Å². The normalized spacial score (nSPS) is 19.2. The molecule has 1 aliphatic rings. The maximum absolute atomic E-state index is 13.3. The van der Waals surface area contributed by atoms with Crippen LogP contribution in [0.2, 0.25) is 0 Å². The molecule has 0 saturated carbocycles. The van der Waals surface area contributed by atoms with Crippen molar-refractivity contribution in [2.24, 2.45) is 5.41 Å². The number of hydrogen-bond donors (Lipinski definition) is 0. The molecule has 1 aliphatic carbocycles. The van der Waals surface area contributed by atoms with Crippen LogP contribution in [0.4, 0.5) is 0 Å². The maximum Gasteiger partial charge on any atom is 0.320 e. The molecule has 0 aliphatic heterocycles. The molecule has 0 saturated heterocycles. The summed E-state index contributed by atoms with van der Waals surface area (Å²) in [5.41, 5.74) is 1.40. The quantitative estimate of drug-likeness (QED) is 0.617. The molecule has 0 unspecified atom stereocenters. The van der Waals surface area contributed by atoms with E-state index in [1.54, 1.807) is 20.1 Å². The third-order valence-electron chi connectivity index (χ3n) is 4.85. The zero-order valence-electron chi connectivity index (χ0n) is 14.6. The van der Waals surface area contributed by atoms with Crippen LogP contribution in [0.1, 0.15) is 34.8 Å². The number of ketones is 1. The minimum Gasteiger partial charge on any atom is -0.497 e. The molecule has 1 atom stereocenters. The molecule has 0 amide bonds. The molecule has 4 nitrogen and oxygen atoms in total. The fraction of sp³-hybridized carbons (Fsp3) is 0.333. The molecular weight excluding hydrogens is 316 g/mol. The van der Waals surface area contributed by atoms with Gasteiger partial charge in [-0.3, -0.25) is 9.59 Å². The van der Waals surface area contributed by atoms with E-state index in [9.17, 15) is 9.59 Å². The monoisotopic (exact) mass is 338 g/mol. The smallest absolute Gasteiger partial charge is 0.320 e. The van der Waals surface area contributed by atoms with Crippen molar-refractivity contribution in [1.29, 1.82) is 0 Å². The lowest BCUT2D eigenvalue weighted by Crippen LogP contribution is -2.45. The van der Waals surface area contributed by atoms with Crippen LogP contribution in [0.5, 0.6) is 5.75 Å². The number of carbonyl (C=O) groups is 2. The Morgan fingerprint density at radius 1 is 1.12 bits per heavy atom. The molecule has 0 spiro atoms. The van der Waals surface area contributed by atoms with E-state index in [4.69, 9.17) is 9.47 Å². The van der Waals surface area contributed by atoms with E-state index >= 15 is 0 Å². The van der Waals surface area contributed by atoms with Gasteiger partial charge in [-0.15, -0.1) is 0 Å². The Morgan fingerprint density at radius 3 is 2.52 bits per heavy atom. The van der Waals surface area contributed by atoms with Gasteiger partial charge in [-0.1, -0.05) is 36.4 Å². The number of fused-ring (bicyclic) bond motifs is 1. The van der Waals surface area contributed by atoms with E-state index < -0.39 is 11.4 Å². The Hall–Kier alpha value is -2.62. The number of carbonyl (C=O) groups excluding carboxylic acids is 2. The van der Waals surface area contributed by atoms with Gasteiger partial charge in [0.1, 0.15) is 11.2 Å². The Kier molecular flexibility index (Phi) is 4.88. The van der Waals surface area contributed by atoms with Gasteiger partial charge < -0.3 is 9.47 Å². The molecule has 0 aromatic heterocycles. The van der Waals surface area contributed by atoms with Crippen LogP contribution in [-0.2, 0) is 22.4 Å². The molecule has 4 heteroatoms. The molecule has 3 rings (SSSR count). The van der Waals surface area contributed by atoms with E-state index in [0.717, 1.165) is 16.9 Å². The summed E-state index contributed by atoms with van der Waals surface area (Å²) in [6.45, 7) is 2.03. The van der Waals surface area contributed by atoms with E-state index in [1.165, 1.54) is 0 Å². The van der Waals surface area contributed by atoms with Crippen LogP contribution in [-0.4, -0.2) is 25.5 Å². The second-order valence-corrected chi connectivity index (χ2v) is 6.31. The topological polar surface area (TPSA) is 52.6 Å². The molecule has 0 N–H and O–H groups in total. The highest BCUT2D eigenvalue weighted by Crippen LogP contribution is 2.39. The van der Waals surface area contributed by atoms with Crippen LogP contribution in [0.3, 0.4) is 0 Å².